The van der Waals surface area contributed by atoms with Crippen molar-refractivity contribution in [2.75, 3.05) is 11.9 Å². The predicted molar refractivity (Wildman–Crippen MR) is 113 cm³/mol. The fraction of sp³-hybridized carbons (Fsp3) is 0.333. The number of nitrogens with one attached hydrogen (secondary N) is 1. The monoisotopic (exact) mass is 409 g/mol. The van der Waals surface area contributed by atoms with Gasteiger partial charge in [-0.3, -0.25) is 4.79 Å². The molecule has 0 radical (unpaired) electrons. The molecule has 1 amide bonds. The summed E-state index contributed by atoms with van der Waals surface area (Å²) < 4.78 is 5.28. The molecular formula is C21H23N5O2S. The van der Waals surface area contributed by atoms with Crippen LogP contribution in [0.5, 0.6) is 0 Å². The van der Waals surface area contributed by atoms with Crippen molar-refractivity contribution in [3.63, 3.8) is 0 Å². The summed E-state index contributed by atoms with van der Waals surface area (Å²) in [7, 11) is 0. The number of rotatable bonds is 5. The van der Waals surface area contributed by atoms with Crippen molar-refractivity contribution in [3.8, 4) is 0 Å². The number of aromatic nitrogens is 3. The third-order valence-corrected chi connectivity index (χ3v) is 5.62. The fourth-order valence-corrected chi connectivity index (χ4v) is 4.12. The van der Waals surface area contributed by atoms with Crippen LogP contribution in [0.15, 0.2) is 40.3 Å². The number of hydrogen-bond acceptors (Lipinski definition) is 7. The molecule has 0 saturated carbocycles. The quantitative estimate of drug-likeness (QED) is 0.617. The molecule has 1 aliphatic heterocycles. The molecule has 8 heteroatoms. The second-order valence-electron chi connectivity index (χ2n) is 7.06. The van der Waals surface area contributed by atoms with Gasteiger partial charge >= 0.3 is 0 Å². The number of carbonyl (C=O) groups is 1. The third kappa shape index (κ3) is 4.71. The van der Waals surface area contributed by atoms with Crippen LogP contribution >= 0.6 is 11.3 Å². The molecular weight excluding hydrogens is 386 g/mol. The molecule has 1 saturated heterocycles. The number of anilines is 2. The first-order chi connectivity index (χ1) is 14.1. The maximum absolute atomic E-state index is 12.9. The molecule has 150 valence electrons. The van der Waals surface area contributed by atoms with Crippen molar-refractivity contribution in [2.24, 2.45) is 0 Å². The summed E-state index contributed by atoms with van der Waals surface area (Å²) in [5, 5.41) is 6.05. The number of furan rings is 1. The Kier molecular flexibility index (Phi) is 5.71. The number of likely N-dealkylation sites (tertiary alicyclic amines) is 1. The highest BCUT2D eigenvalue weighted by molar-refractivity contribution is 7.13. The summed E-state index contributed by atoms with van der Waals surface area (Å²) in [6.45, 7) is 4.59. The maximum Gasteiger partial charge on any atom is 0.247 e. The van der Waals surface area contributed by atoms with E-state index in [0.717, 1.165) is 35.8 Å². The molecule has 0 aromatic carbocycles. The van der Waals surface area contributed by atoms with Crippen molar-refractivity contribution < 1.29 is 9.21 Å². The number of aryl methyl sites for hydroxylation is 2. The lowest BCUT2D eigenvalue weighted by molar-refractivity contribution is -0.129. The van der Waals surface area contributed by atoms with E-state index < -0.39 is 0 Å². The predicted octanol–water partition coefficient (Wildman–Crippen LogP) is 4.65. The lowest BCUT2D eigenvalue weighted by Crippen LogP contribution is -2.38. The van der Waals surface area contributed by atoms with Crippen LogP contribution in [-0.4, -0.2) is 32.3 Å². The number of thiazole rings is 1. The minimum Gasteiger partial charge on any atom is -0.465 e. The number of hydrogen-bond donors (Lipinski definition) is 1. The Morgan fingerprint density at radius 1 is 1.28 bits per heavy atom. The molecule has 29 heavy (non-hydrogen) atoms. The first-order valence-electron chi connectivity index (χ1n) is 9.65. The van der Waals surface area contributed by atoms with Gasteiger partial charge in [-0.2, -0.15) is 0 Å². The molecule has 4 heterocycles. The van der Waals surface area contributed by atoms with Gasteiger partial charge in [0.1, 0.15) is 11.6 Å². The van der Waals surface area contributed by atoms with Crippen LogP contribution in [0, 0.1) is 13.8 Å². The molecule has 0 unspecified atom stereocenters. The Labute approximate surface area is 173 Å². The first-order valence-corrected chi connectivity index (χ1v) is 10.5. The maximum atomic E-state index is 12.9. The normalized spacial score (nSPS) is 17.0. The molecule has 3 aromatic heterocycles. The van der Waals surface area contributed by atoms with E-state index in [4.69, 9.17) is 9.40 Å². The van der Waals surface area contributed by atoms with Crippen LogP contribution in [-0.2, 0) is 4.79 Å². The summed E-state index contributed by atoms with van der Waals surface area (Å²) in [5.41, 5.74) is 1.82. The molecule has 3 aromatic rings. The van der Waals surface area contributed by atoms with Gasteiger partial charge in [0, 0.05) is 29.8 Å². The van der Waals surface area contributed by atoms with Gasteiger partial charge in [0.25, 0.3) is 0 Å². The van der Waals surface area contributed by atoms with E-state index in [1.807, 2.05) is 36.3 Å². The molecule has 7 nitrogen and oxygen atoms in total. The Bertz CT molecular complexity index is 1010. The van der Waals surface area contributed by atoms with Gasteiger partial charge in [-0.25, -0.2) is 15.0 Å². The summed E-state index contributed by atoms with van der Waals surface area (Å²) in [6.07, 6.45) is 7.72. The van der Waals surface area contributed by atoms with Gasteiger partial charge in [0.15, 0.2) is 11.0 Å². The fourth-order valence-electron chi connectivity index (χ4n) is 3.42. The van der Waals surface area contributed by atoms with Gasteiger partial charge in [0.2, 0.25) is 5.91 Å². The SMILES string of the molecule is Cc1cc(Nc2nc(C)cs2)nc([C@@H]2CCCCN2C(=O)/C=C/c2ccco2)n1. The van der Waals surface area contributed by atoms with E-state index in [1.165, 1.54) is 11.3 Å². The molecule has 0 spiro atoms. The highest BCUT2D eigenvalue weighted by Gasteiger charge is 2.29. The highest BCUT2D eigenvalue weighted by atomic mass is 32.1. The molecule has 1 fully saturated rings. The summed E-state index contributed by atoms with van der Waals surface area (Å²) in [4.78, 5) is 28.5. The molecule has 1 atom stereocenters. The highest BCUT2D eigenvalue weighted by Crippen LogP contribution is 2.30. The average molecular weight is 410 g/mol. The average Bonchev–Trinajstić information content (AvgIpc) is 3.37. The van der Waals surface area contributed by atoms with E-state index >= 15 is 0 Å². The van der Waals surface area contributed by atoms with Crippen LogP contribution in [0.2, 0.25) is 0 Å². The van der Waals surface area contributed by atoms with Crippen molar-refractivity contribution in [1.82, 2.24) is 19.9 Å². The number of piperidine rings is 1. The van der Waals surface area contributed by atoms with Crippen LogP contribution in [0.25, 0.3) is 6.08 Å². The lowest BCUT2D eigenvalue weighted by Gasteiger charge is -2.34. The van der Waals surface area contributed by atoms with Gasteiger partial charge in [-0.15, -0.1) is 11.3 Å². The Hall–Kier alpha value is -3.00. The molecule has 0 aliphatic carbocycles. The summed E-state index contributed by atoms with van der Waals surface area (Å²) in [5.74, 6) is 1.97. The van der Waals surface area contributed by atoms with Crippen LogP contribution in [0.4, 0.5) is 10.9 Å². The van der Waals surface area contributed by atoms with Gasteiger partial charge in [-0.05, 0) is 51.3 Å². The second kappa shape index (κ2) is 8.57. The van der Waals surface area contributed by atoms with Crippen molar-refractivity contribution in [1.29, 1.82) is 0 Å². The van der Waals surface area contributed by atoms with Crippen molar-refractivity contribution >= 4 is 34.3 Å². The smallest absolute Gasteiger partial charge is 0.247 e. The van der Waals surface area contributed by atoms with Crippen molar-refractivity contribution in [3.05, 3.63) is 58.9 Å². The topological polar surface area (TPSA) is 84.2 Å². The van der Waals surface area contributed by atoms with Crippen LogP contribution in [0.1, 0.15) is 48.3 Å². The summed E-state index contributed by atoms with van der Waals surface area (Å²) >= 11 is 1.54. The van der Waals surface area contributed by atoms with Crippen LogP contribution in [0.3, 0.4) is 0 Å². The van der Waals surface area contributed by atoms with Gasteiger partial charge in [0.05, 0.1) is 18.0 Å². The molecule has 4 rings (SSSR count). The van der Waals surface area contributed by atoms with Gasteiger partial charge in [-0.1, -0.05) is 0 Å². The molecule has 0 bridgehead atoms. The van der Waals surface area contributed by atoms with Gasteiger partial charge < -0.3 is 14.6 Å². The standard InChI is InChI=1S/C21H23N5O2S/c1-14-12-18(25-21-23-15(2)13-29-21)24-20(22-14)17-7-3-4-10-26(17)19(27)9-8-16-6-5-11-28-16/h5-6,8-9,11-13,17H,3-4,7,10H2,1-2H3,(H,22,23,24,25)/b9-8+/t17-/m0/s1. The minimum atomic E-state index is -0.143. The van der Waals surface area contributed by atoms with E-state index in [-0.39, 0.29) is 11.9 Å². The second-order valence-corrected chi connectivity index (χ2v) is 7.92. The summed E-state index contributed by atoms with van der Waals surface area (Å²) in [6, 6.07) is 5.37. The lowest BCUT2D eigenvalue weighted by atomic mass is 10.0. The van der Waals surface area contributed by atoms with E-state index in [1.54, 1.807) is 24.5 Å². The Balaban J connectivity index is 1.56. The first kappa shape index (κ1) is 19.3. The number of nitrogens with zero attached hydrogens (tertiary/aromatic N) is 4. The van der Waals surface area contributed by atoms with Crippen molar-refractivity contribution in [2.45, 2.75) is 39.2 Å². The van der Waals surface area contributed by atoms with E-state index in [0.29, 0.717) is 23.9 Å². The molecule has 1 aliphatic rings. The van der Waals surface area contributed by atoms with E-state index in [9.17, 15) is 4.79 Å². The number of amides is 1. The van der Waals surface area contributed by atoms with E-state index in [2.05, 4.69) is 15.3 Å². The zero-order chi connectivity index (χ0) is 20.2. The largest absolute Gasteiger partial charge is 0.465 e. The number of carbonyl (C=O) groups excluding carboxylic acids is 1. The molecule has 1 N–H and O–H groups in total. The minimum absolute atomic E-state index is 0.0544. The zero-order valence-corrected chi connectivity index (χ0v) is 17.3. The van der Waals surface area contributed by atoms with Crippen LogP contribution < -0.4 is 5.32 Å². The zero-order valence-electron chi connectivity index (χ0n) is 16.5. The Morgan fingerprint density at radius 2 is 2.17 bits per heavy atom. The Morgan fingerprint density at radius 3 is 2.93 bits per heavy atom. The third-order valence-electron chi connectivity index (χ3n) is 4.74.